The summed E-state index contributed by atoms with van der Waals surface area (Å²) in [6.07, 6.45) is 0. The summed E-state index contributed by atoms with van der Waals surface area (Å²) in [4.78, 5) is 15.3. The first-order valence-electron chi connectivity index (χ1n) is 6.48. The number of rotatable bonds is 3. The minimum absolute atomic E-state index is 0.213. The number of hydrogen-bond donors (Lipinski definition) is 1. The quantitative estimate of drug-likeness (QED) is 0.800. The number of carboxylic acid groups (broad SMARTS) is 1. The minimum Gasteiger partial charge on any atom is -0.475 e. The van der Waals surface area contributed by atoms with Crippen molar-refractivity contribution < 1.29 is 9.90 Å². The molecule has 2 aromatic carbocycles. The van der Waals surface area contributed by atoms with E-state index in [1.54, 1.807) is 4.68 Å². The first kappa shape index (κ1) is 13.1. The van der Waals surface area contributed by atoms with Gasteiger partial charge in [0.2, 0.25) is 0 Å². The molecule has 0 radical (unpaired) electrons. The van der Waals surface area contributed by atoms with Gasteiger partial charge >= 0.3 is 5.97 Å². The molecule has 0 unspecified atom stereocenters. The van der Waals surface area contributed by atoms with Crippen LogP contribution in [-0.4, -0.2) is 25.8 Å². The van der Waals surface area contributed by atoms with Gasteiger partial charge in [0.1, 0.15) is 0 Å². The smallest absolute Gasteiger partial charge is 0.375 e. The molecule has 3 aromatic rings. The first-order chi connectivity index (χ1) is 10.1. The van der Waals surface area contributed by atoms with Crippen LogP contribution < -0.4 is 0 Å². The molecular weight excluding hydrogens is 266 g/mol. The fourth-order valence-corrected chi connectivity index (χ4v) is 2.04. The Morgan fingerprint density at radius 1 is 1.05 bits per heavy atom. The number of para-hydroxylation sites is 1. The Morgan fingerprint density at radius 3 is 2.33 bits per heavy atom. The van der Waals surface area contributed by atoms with E-state index in [4.69, 9.17) is 5.11 Å². The molecule has 0 atom stereocenters. The van der Waals surface area contributed by atoms with Gasteiger partial charge in [-0.05, 0) is 19.1 Å². The van der Waals surface area contributed by atoms with Crippen LogP contribution in [-0.2, 0) is 0 Å². The van der Waals surface area contributed by atoms with E-state index in [0.717, 1.165) is 16.8 Å². The maximum Gasteiger partial charge on any atom is 0.375 e. The molecule has 3 rings (SSSR count). The first-order valence-corrected chi connectivity index (χ1v) is 6.48. The summed E-state index contributed by atoms with van der Waals surface area (Å²) < 4.78 is 1.55. The number of carboxylic acids is 1. The third-order valence-electron chi connectivity index (χ3n) is 3.11. The van der Waals surface area contributed by atoms with E-state index in [9.17, 15) is 4.79 Å². The molecule has 1 heterocycles. The van der Waals surface area contributed by atoms with Gasteiger partial charge in [-0.1, -0.05) is 48.0 Å². The van der Waals surface area contributed by atoms with Crippen molar-refractivity contribution in [2.24, 2.45) is 0 Å². The second-order valence-corrected chi connectivity index (χ2v) is 4.68. The van der Waals surface area contributed by atoms with Crippen molar-refractivity contribution in [2.75, 3.05) is 0 Å². The number of aromatic nitrogens is 3. The summed E-state index contributed by atoms with van der Waals surface area (Å²) >= 11 is 0. The predicted molar refractivity (Wildman–Crippen MR) is 78.5 cm³/mol. The standard InChI is InChI=1S/C16H13N3O2/c1-11-7-9-12(10-8-11)15-17-14(16(20)21)18-19(15)13-5-3-2-4-6-13/h2-10H,1H3,(H,20,21). The molecule has 0 saturated carbocycles. The molecule has 1 N–H and O–H groups in total. The van der Waals surface area contributed by atoms with Gasteiger partial charge in [0.25, 0.3) is 5.82 Å². The number of benzene rings is 2. The number of nitrogens with zero attached hydrogens (tertiary/aromatic N) is 3. The Labute approximate surface area is 121 Å². The van der Waals surface area contributed by atoms with Crippen LogP contribution in [0.5, 0.6) is 0 Å². The van der Waals surface area contributed by atoms with Gasteiger partial charge < -0.3 is 5.11 Å². The van der Waals surface area contributed by atoms with E-state index in [1.165, 1.54) is 0 Å². The van der Waals surface area contributed by atoms with Gasteiger partial charge in [-0.2, -0.15) is 0 Å². The average Bonchev–Trinajstić information content (AvgIpc) is 2.94. The molecule has 0 aliphatic rings. The molecule has 0 fully saturated rings. The Hall–Kier alpha value is -2.95. The molecule has 21 heavy (non-hydrogen) atoms. The fourth-order valence-electron chi connectivity index (χ4n) is 2.04. The molecule has 5 heteroatoms. The summed E-state index contributed by atoms with van der Waals surface area (Å²) in [7, 11) is 0. The minimum atomic E-state index is -1.14. The molecule has 0 aliphatic carbocycles. The van der Waals surface area contributed by atoms with Gasteiger partial charge in [-0.25, -0.2) is 14.5 Å². The molecule has 1 aromatic heterocycles. The zero-order valence-corrected chi connectivity index (χ0v) is 11.4. The van der Waals surface area contributed by atoms with E-state index in [2.05, 4.69) is 10.1 Å². The van der Waals surface area contributed by atoms with Crippen LogP contribution in [0.3, 0.4) is 0 Å². The lowest BCUT2D eigenvalue weighted by atomic mass is 10.1. The number of aryl methyl sites for hydroxylation is 1. The summed E-state index contributed by atoms with van der Waals surface area (Å²) in [6, 6.07) is 17.1. The van der Waals surface area contributed by atoms with E-state index in [0.29, 0.717) is 5.82 Å². The Morgan fingerprint density at radius 2 is 1.71 bits per heavy atom. The second-order valence-electron chi connectivity index (χ2n) is 4.68. The molecule has 104 valence electrons. The SMILES string of the molecule is Cc1ccc(-c2nc(C(=O)O)nn2-c2ccccc2)cc1. The average molecular weight is 279 g/mol. The van der Waals surface area contributed by atoms with Crippen LogP contribution in [0.1, 0.15) is 16.2 Å². The van der Waals surface area contributed by atoms with Gasteiger partial charge in [-0.15, -0.1) is 5.10 Å². The molecule has 0 saturated heterocycles. The van der Waals surface area contributed by atoms with Crippen LogP contribution >= 0.6 is 0 Å². The van der Waals surface area contributed by atoms with Crippen molar-refractivity contribution in [3.05, 3.63) is 66.0 Å². The van der Waals surface area contributed by atoms with Crippen molar-refractivity contribution >= 4 is 5.97 Å². The zero-order chi connectivity index (χ0) is 14.8. The van der Waals surface area contributed by atoms with Crippen molar-refractivity contribution in [3.63, 3.8) is 0 Å². The van der Waals surface area contributed by atoms with Crippen LogP contribution in [0, 0.1) is 6.92 Å². The van der Waals surface area contributed by atoms with Crippen molar-refractivity contribution in [3.8, 4) is 17.1 Å². The summed E-state index contributed by atoms with van der Waals surface area (Å²) in [6.45, 7) is 1.99. The molecule has 0 spiro atoms. The van der Waals surface area contributed by atoms with E-state index in [-0.39, 0.29) is 5.82 Å². The fraction of sp³-hybridized carbons (Fsp3) is 0.0625. The molecule has 0 bridgehead atoms. The number of aromatic carboxylic acids is 1. The van der Waals surface area contributed by atoms with Gasteiger partial charge in [0, 0.05) is 5.56 Å². The highest BCUT2D eigenvalue weighted by Crippen LogP contribution is 2.21. The lowest BCUT2D eigenvalue weighted by Crippen LogP contribution is -2.02. The highest BCUT2D eigenvalue weighted by Gasteiger charge is 2.17. The highest BCUT2D eigenvalue weighted by atomic mass is 16.4. The predicted octanol–water partition coefficient (Wildman–Crippen LogP) is 2.94. The normalized spacial score (nSPS) is 10.5. The Kier molecular flexibility index (Phi) is 3.23. The van der Waals surface area contributed by atoms with Crippen LogP contribution in [0.15, 0.2) is 54.6 Å². The van der Waals surface area contributed by atoms with E-state index >= 15 is 0 Å². The zero-order valence-electron chi connectivity index (χ0n) is 11.4. The topological polar surface area (TPSA) is 68.0 Å². The van der Waals surface area contributed by atoms with Crippen molar-refractivity contribution in [1.29, 1.82) is 0 Å². The van der Waals surface area contributed by atoms with Gasteiger partial charge in [0.05, 0.1) is 5.69 Å². The molecule has 5 nitrogen and oxygen atoms in total. The van der Waals surface area contributed by atoms with Crippen molar-refractivity contribution in [2.45, 2.75) is 6.92 Å². The van der Waals surface area contributed by atoms with Crippen LogP contribution in [0.2, 0.25) is 0 Å². The molecule has 0 amide bonds. The monoisotopic (exact) mass is 279 g/mol. The lowest BCUT2D eigenvalue weighted by Gasteiger charge is -2.05. The summed E-state index contributed by atoms with van der Waals surface area (Å²) in [5.41, 5.74) is 2.72. The van der Waals surface area contributed by atoms with E-state index in [1.807, 2.05) is 61.5 Å². The summed E-state index contributed by atoms with van der Waals surface area (Å²) in [5.74, 6) is -0.842. The maximum atomic E-state index is 11.1. The van der Waals surface area contributed by atoms with Crippen LogP contribution in [0.4, 0.5) is 0 Å². The van der Waals surface area contributed by atoms with E-state index < -0.39 is 5.97 Å². The van der Waals surface area contributed by atoms with Crippen LogP contribution in [0.25, 0.3) is 17.1 Å². The Bertz CT molecular complexity index is 777. The molecule has 0 aliphatic heterocycles. The Balaban J connectivity index is 2.19. The number of carbonyl (C=O) groups is 1. The van der Waals surface area contributed by atoms with Crippen molar-refractivity contribution in [1.82, 2.24) is 14.8 Å². The highest BCUT2D eigenvalue weighted by molar-refractivity contribution is 5.84. The maximum absolute atomic E-state index is 11.1. The van der Waals surface area contributed by atoms with Gasteiger partial charge in [-0.3, -0.25) is 0 Å². The molecular formula is C16H13N3O2. The number of hydrogen-bond acceptors (Lipinski definition) is 3. The third-order valence-corrected chi connectivity index (χ3v) is 3.11. The largest absolute Gasteiger partial charge is 0.475 e. The summed E-state index contributed by atoms with van der Waals surface area (Å²) in [5, 5.41) is 13.2. The lowest BCUT2D eigenvalue weighted by molar-refractivity contribution is 0.0683. The third kappa shape index (κ3) is 2.53. The second kappa shape index (κ2) is 5.20. The van der Waals surface area contributed by atoms with Gasteiger partial charge in [0.15, 0.2) is 5.82 Å².